The van der Waals surface area contributed by atoms with E-state index < -0.39 is 0 Å². The van der Waals surface area contributed by atoms with Crippen molar-refractivity contribution in [2.24, 2.45) is 0 Å². The SMILES string of the molecule is O=C1C[C@H]2CC[C@@H](CN1)N2Cc1ccc(OCc2ccccc2)cc1. The van der Waals surface area contributed by atoms with E-state index in [1.54, 1.807) is 0 Å². The Morgan fingerprint density at radius 2 is 1.72 bits per heavy atom. The van der Waals surface area contributed by atoms with Crippen LogP contribution in [0.15, 0.2) is 54.6 Å². The van der Waals surface area contributed by atoms with Crippen LogP contribution in [-0.4, -0.2) is 29.4 Å². The van der Waals surface area contributed by atoms with Crippen molar-refractivity contribution in [3.05, 3.63) is 65.7 Å². The van der Waals surface area contributed by atoms with E-state index in [-0.39, 0.29) is 5.91 Å². The second-order valence-electron chi connectivity index (χ2n) is 6.98. The number of hydrogen-bond donors (Lipinski definition) is 1. The van der Waals surface area contributed by atoms with Crippen molar-refractivity contribution >= 4 is 5.91 Å². The molecule has 4 rings (SSSR count). The standard InChI is InChI=1S/C21H24N2O2/c24-21-12-18-8-9-19(13-22-21)23(18)14-16-6-10-20(11-7-16)25-15-17-4-2-1-3-5-17/h1-7,10-11,18-19H,8-9,12-15H2,(H,22,24)/t18-,19+/m1/s1. The Balaban J connectivity index is 1.36. The summed E-state index contributed by atoms with van der Waals surface area (Å²) in [7, 11) is 0. The van der Waals surface area contributed by atoms with Crippen molar-refractivity contribution in [3.8, 4) is 5.75 Å². The molecule has 0 saturated carbocycles. The van der Waals surface area contributed by atoms with Gasteiger partial charge in [0.1, 0.15) is 12.4 Å². The van der Waals surface area contributed by atoms with Gasteiger partial charge in [-0.05, 0) is 36.1 Å². The molecule has 25 heavy (non-hydrogen) atoms. The fraction of sp³-hybridized carbons (Fsp3) is 0.381. The van der Waals surface area contributed by atoms with Gasteiger partial charge in [0, 0.05) is 31.6 Å². The maximum absolute atomic E-state index is 11.8. The Kier molecular flexibility index (Phi) is 4.70. The molecule has 130 valence electrons. The van der Waals surface area contributed by atoms with Crippen LogP contribution in [0, 0.1) is 0 Å². The highest BCUT2D eigenvalue weighted by atomic mass is 16.5. The van der Waals surface area contributed by atoms with Crippen molar-refractivity contribution in [2.75, 3.05) is 6.54 Å². The first kappa shape index (κ1) is 16.2. The maximum Gasteiger partial charge on any atom is 0.221 e. The number of rotatable bonds is 5. The number of nitrogens with zero attached hydrogens (tertiary/aromatic N) is 1. The molecule has 4 nitrogen and oxygen atoms in total. The Labute approximate surface area is 148 Å². The van der Waals surface area contributed by atoms with Gasteiger partial charge in [0.15, 0.2) is 0 Å². The van der Waals surface area contributed by atoms with E-state index in [1.165, 1.54) is 17.5 Å². The highest BCUT2D eigenvalue weighted by molar-refractivity contribution is 5.77. The molecule has 4 heteroatoms. The van der Waals surface area contributed by atoms with Crippen LogP contribution < -0.4 is 10.1 Å². The molecule has 1 amide bonds. The lowest BCUT2D eigenvalue weighted by Crippen LogP contribution is -2.37. The molecule has 2 saturated heterocycles. The molecule has 2 bridgehead atoms. The fourth-order valence-electron chi connectivity index (χ4n) is 3.87. The van der Waals surface area contributed by atoms with E-state index in [4.69, 9.17) is 4.74 Å². The van der Waals surface area contributed by atoms with Gasteiger partial charge in [-0.3, -0.25) is 9.69 Å². The summed E-state index contributed by atoms with van der Waals surface area (Å²) in [6.07, 6.45) is 2.95. The summed E-state index contributed by atoms with van der Waals surface area (Å²) in [6.45, 7) is 2.28. The van der Waals surface area contributed by atoms with E-state index >= 15 is 0 Å². The zero-order valence-electron chi connectivity index (χ0n) is 14.4. The molecule has 2 aromatic rings. The van der Waals surface area contributed by atoms with Gasteiger partial charge in [0.2, 0.25) is 5.91 Å². The number of carbonyl (C=O) groups excluding carboxylic acids is 1. The van der Waals surface area contributed by atoms with Crippen LogP contribution in [0.4, 0.5) is 0 Å². The van der Waals surface area contributed by atoms with Gasteiger partial charge in [0.25, 0.3) is 0 Å². The minimum Gasteiger partial charge on any atom is -0.489 e. The zero-order chi connectivity index (χ0) is 17.1. The van der Waals surface area contributed by atoms with Crippen LogP contribution in [0.3, 0.4) is 0 Å². The molecule has 0 aromatic heterocycles. The minimum absolute atomic E-state index is 0.196. The predicted molar refractivity (Wildman–Crippen MR) is 97.2 cm³/mol. The van der Waals surface area contributed by atoms with Gasteiger partial charge in [-0.1, -0.05) is 42.5 Å². The van der Waals surface area contributed by atoms with Crippen LogP contribution in [0.2, 0.25) is 0 Å². The summed E-state index contributed by atoms with van der Waals surface area (Å²) in [4.78, 5) is 14.2. The average molecular weight is 336 g/mol. The van der Waals surface area contributed by atoms with E-state index in [2.05, 4.69) is 34.5 Å². The molecule has 2 aliphatic heterocycles. The predicted octanol–water partition coefficient (Wildman–Crippen LogP) is 3.12. The Morgan fingerprint density at radius 3 is 2.52 bits per heavy atom. The molecule has 2 heterocycles. The number of carbonyl (C=O) groups is 1. The average Bonchev–Trinajstić information content (AvgIpc) is 2.93. The first-order valence-electron chi connectivity index (χ1n) is 9.06. The van der Waals surface area contributed by atoms with Crippen LogP contribution in [0.25, 0.3) is 0 Å². The van der Waals surface area contributed by atoms with Gasteiger partial charge in [-0.15, -0.1) is 0 Å². The van der Waals surface area contributed by atoms with Gasteiger partial charge < -0.3 is 10.1 Å². The summed E-state index contributed by atoms with van der Waals surface area (Å²) in [5.41, 5.74) is 2.45. The smallest absolute Gasteiger partial charge is 0.221 e. The molecule has 0 spiro atoms. The summed E-state index contributed by atoms with van der Waals surface area (Å²) < 4.78 is 5.86. The molecule has 2 aromatic carbocycles. The second kappa shape index (κ2) is 7.28. The first-order valence-corrected chi connectivity index (χ1v) is 9.06. The van der Waals surface area contributed by atoms with Crippen molar-refractivity contribution in [2.45, 2.75) is 44.5 Å². The molecule has 0 unspecified atom stereocenters. The summed E-state index contributed by atoms with van der Waals surface area (Å²) in [5.74, 6) is 1.09. The number of ether oxygens (including phenoxy) is 1. The normalized spacial score (nSPS) is 23.1. The largest absolute Gasteiger partial charge is 0.489 e. The van der Waals surface area contributed by atoms with Crippen LogP contribution in [0.5, 0.6) is 5.75 Å². The van der Waals surface area contributed by atoms with Gasteiger partial charge in [-0.2, -0.15) is 0 Å². The lowest BCUT2D eigenvalue weighted by atomic mass is 10.1. The fourth-order valence-corrected chi connectivity index (χ4v) is 3.87. The van der Waals surface area contributed by atoms with E-state index in [0.717, 1.165) is 25.3 Å². The molecular weight excluding hydrogens is 312 g/mol. The van der Waals surface area contributed by atoms with E-state index in [0.29, 0.717) is 25.1 Å². The van der Waals surface area contributed by atoms with Gasteiger partial charge in [-0.25, -0.2) is 0 Å². The number of fused-ring (bicyclic) bond motifs is 2. The molecule has 2 aliphatic rings. The summed E-state index contributed by atoms with van der Waals surface area (Å²) >= 11 is 0. The van der Waals surface area contributed by atoms with Gasteiger partial charge >= 0.3 is 0 Å². The summed E-state index contributed by atoms with van der Waals surface area (Å²) in [6, 6.07) is 19.4. The van der Waals surface area contributed by atoms with Crippen molar-refractivity contribution in [1.82, 2.24) is 10.2 Å². The van der Waals surface area contributed by atoms with Crippen molar-refractivity contribution in [1.29, 1.82) is 0 Å². The third kappa shape index (κ3) is 3.85. The molecule has 0 radical (unpaired) electrons. The maximum atomic E-state index is 11.8. The highest BCUT2D eigenvalue weighted by Crippen LogP contribution is 2.30. The van der Waals surface area contributed by atoms with Crippen LogP contribution in [-0.2, 0) is 17.9 Å². The summed E-state index contributed by atoms with van der Waals surface area (Å²) in [5, 5.41) is 3.03. The Hall–Kier alpha value is -2.33. The topological polar surface area (TPSA) is 41.6 Å². The first-order chi connectivity index (χ1) is 12.3. The molecule has 2 fully saturated rings. The number of amides is 1. The van der Waals surface area contributed by atoms with E-state index in [9.17, 15) is 4.79 Å². The lowest BCUT2D eigenvalue weighted by molar-refractivity contribution is -0.121. The van der Waals surface area contributed by atoms with Crippen molar-refractivity contribution < 1.29 is 9.53 Å². The molecule has 0 aliphatic carbocycles. The van der Waals surface area contributed by atoms with Crippen LogP contribution in [0.1, 0.15) is 30.4 Å². The molecule has 1 N–H and O–H groups in total. The lowest BCUT2D eigenvalue weighted by Gasteiger charge is -2.27. The zero-order valence-corrected chi connectivity index (χ0v) is 14.4. The van der Waals surface area contributed by atoms with E-state index in [1.807, 2.05) is 30.3 Å². The quantitative estimate of drug-likeness (QED) is 0.912. The number of nitrogens with one attached hydrogen (secondary N) is 1. The number of hydrogen-bond acceptors (Lipinski definition) is 3. The Morgan fingerprint density at radius 1 is 0.960 bits per heavy atom. The second-order valence-corrected chi connectivity index (χ2v) is 6.98. The minimum atomic E-state index is 0.196. The van der Waals surface area contributed by atoms with Crippen molar-refractivity contribution in [3.63, 3.8) is 0 Å². The van der Waals surface area contributed by atoms with Gasteiger partial charge in [0.05, 0.1) is 0 Å². The third-order valence-electron chi connectivity index (χ3n) is 5.26. The molecular formula is C21H24N2O2. The highest BCUT2D eigenvalue weighted by Gasteiger charge is 2.37. The monoisotopic (exact) mass is 336 g/mol. The third-order valence-corrected chi connectivity index (χ3v) is 5.26. The Bertz CT molecular complexity index is 714. The van der Waals surface area contributed by atoms with Crippen LogP contribution >= 0.6 is 0 Å². The number of benzene rings is 2. The molecule has 2 atom stereocenters.